The first-order valence-electron chi connectivity index (χ1n) is 17.0. The van der Waals surface area contributed by atoms with E-state index in [2.05, 4.69) is 10.3 Å². The lowest BCUT2D eigenvalue weighted by atomic mass is 10.1. The Labute approximate surface area is 324 Å². The Morgan fingerprint density at radius 2 is 0.911 bits per heavy atom. The molecule has 0 aromatic heterocycles. The molecule has 0 bridgehead atoms. The number of benzene rings is 4. The van der Waals surface area contributed by atoms with Gasteiger partial charge in [0.25, 0.3) is 0 Å². The number of phenolic OH excluding ortho intramolecular Hbond substituents is 2. The molecule has 14 heteroatoms. The van der Waals surface area contributed by atoms with Crippen molar-refractivity contribution in [1.29, 1.82) is 0 Å². The van der Waals surface area contributed by atoms with Crippen LogP contribution in [0.1, 0.15) is 22.3 Å². The Bertz CT molecular complexity index is 1820. The molecule has 4 rings (SSSR count). The van der Waals surface area contributed by atoms with Crippen LogP contribution in [0.4, 0.5) is 8.78 Å². The summed E-state index contributed by atoms with van der Waals surface area (Å²) in [4.78, 5) is 33.7. The van der Waals surface area contributed by atoms with Gasteiger partial charge in [-0.1, -0.05) is 71.0 Å². The molecule has 4 aromatic rings. The molecule has 0 heterocycles. The Morgan fingerprint density at radius 3 is 1.21 bits per heavy atom. The van der Waals surface area contributed by atoms with E-state index in [-0.39, 0.29) is 23.1 Å². The van der Waals surface area contributed by atoms with Crippen LogP contribution in [-0.4, -0.2) is 108 Å². The van der Waals surface area contributed by atoms with Gasteiger partial charge in [0, 0.05) is 36.4 Å². The smallest absolute Gasteiger partial charge is 0.328 e. The van der Waals surface area contributed by atoms with Gasteiger partial charge in [0.15, 0.2) is 0 Å². The average molecular weight is 773 g/mol. The highest BCUT2D eigenvalue weighted by molar-refractivity contribution is 6.11. The molecular formula is C42H46F2N4O8. The minimum absolute atomic E-state index is 0.196. The van der Waals surface area contributed by atoms with Crippen LogP contribution >= 0.6 is 0 Å². The molecule has 0 saturated heterocycles. The highest BCUT2D eigenvalue weighted by Gasteiger charge is 2.09. The summed E-state index contributed by atoms with van der Waals surface area (Å²) in [6.07, 6.45) is 8.09. The van der Waals surface area contributed by atoms with Crippen molar-refractivity contribution in [2.24, 2.45) is 10.3 Å². The molecule has 4 N–H and O–H groups in total. The maximum Gasteiger partial charge on any atom is 0.328 e. The number of aromatic hydroxyl groups is 2. The third-order valence-electron chi connectivity index (χ3n) is 6.91. The second kappa shape index (κ2) is 25.4. The molecule has 296 valence electrons. The standard InChI is InChI=1S/2C19H21FN2O2.C4H4O4/c2*1-22(2)13-14-24-21-19(17-5-3-4-6-18(17)20)12-9-15-7-10-16(23)11-8-15;5-3(6)1-2-4(7)8/h2*3-12,23H,13-14H2,1-2H3;1-2H,(H,5,6)(H,7,8)/b2*12-9+,21-19-;2-1+. The van der Waals surface area contributed by atoms with Crippen molar-refractivity contribution in [1.82, 2.24) is 9.80 Å². The van der Waals surface area contributed by atoms with E-state index in [4.69, 9.17) is 19.9 Å². The van der Waals surface area contributed by atoms with Gasteiger partial charge in [-0.05, 0) is 100 Å². The van der Waals surface area contributed by atoms with Crippen LogP contribution in [0.15, 0.2) is 132 Å². The number of carboxylic acids is 2. The van der Waals surface area contributed by atoms with E-state index in [1.54, 1.807) is 109 Å². The summed E-state index contributed by atoms with van der Waals surface area (Å²) < 4.78 is 28.1. The highest BCUT2D eigenvalue weighted by Crippen LogP contribution is 2.15. The average Bonchev–Trinajstić information content (AvgIpc) is 3.16. The first-order chi connectivity index (χ1) is 26.7. The minimum atomic E-state index is -1.26. The third kappa shape index (κ3) is 19.4. The quantitative estimate of drug-likeness (QED) is 0.0414. The van der Waals surface area contributed by atoms with Gasteiger partial charge in [-0.2, -0.15) is 0 Å². The normalized spacial score (nSPS) is 11.7. The van der Waals surface area contributed by atoms with Gasteiger partial charge in [-0.3, -0.25) is 0 Å². The third-order valence-corrected chi connectivity index (χ3v) is 6.91. The molecule has 12 nitrogen and oxygen atoms in total. The number of likely N-dealkylation sites (N-methyl/N-ethyl adjacent to an activating group) is 2. The van der Waals surface area contributed by atoms with Crippen LogP contribution in [0.2, 0.25) is 0 Å². The van der Waals surface area contributed by atoms with Crippen LogP contribution in [-0.2, 0) is 19.3 Å². The Morgan fingerprint density at radius 1 is 0.571 bits per heavy atom. The Kier molecular flexibility index (Phi) is 20.6. The molecule has 0 spiro atoms. The zero-order chi connectivity index (χ0) is 41.3. The summed E-state index contributed by atoms with van der Waals surface area (Å²) >= 11 is 0. The van der Waals surface area contributed by atoms with Crippen molar-refractivity contribution in [3.63, 3.8) is 0 Å². The largest absolute Gasteiger partial charge is 0.508 e. The number of allylic oxidation sites excluding steroid dienone is 2. The number of oxime groups is 2. The second-order valence-corrected chi connectivity index (χ2v) is 12.0. The number of hydrogen-bond acceptors (Lipinski definition) is 10. The van der Waals surface area contributed by atoms with Gasteiger partial charge in [-0.25, -0.2) is 18.4 Å². The number of halogens is 2. The van der Waals surface area contributed by atoms with E-state index in [1.165, 1.54) is 12.1 Å². The van der Waals surface area contributed by atoms with E-state index in [1.807, 2.05) is 38.0 Å². The molecule has 56 heavy (non-hydrogen) atoms. The van der Waals surface area contributed by atoms with Crippen LogP contribution < -0.4 is 0 Å². The Balaban J connectivity index is 0.000000325. The predicted molar refractivity (Wildman–Crippen MR) is 214 cm³/mol. The molecule has 0 aliphatic carbocycles. The summed E-state index contributed by atoms with van der Waals surface area (Å²) in [5.41, 5.74) is 3.28. The Hall–Kier alpha value is -6.64. The topological polar surface area (TPSA) is 165 Å². The summed E-state index contributed by atoms with van der Waals surface area (Å²) in [5.74, 6) is -2.84. The SMILES string of the molecule is CN(C)CCO/N=C(/C=C/c1ccc(O)cc1)c1ccccc1F.CN(C)CCO/N=C(/C=C/c1ccc(O)cc1)c1ccccc1F.O=C(O)/C=C/C(=O)O. The van der Waals surface area contributed by atoms with E-state index in [0.29, 0.717) is 47.9 Å². The van der Waals surface area contributed by atoms with Crippen LogP contribution in [0.5, 0.6) is 11.5 Å². The van der Waals surface area contributed by atoms with E-state index in [9.17, 15) is 28.6 Å². The number of hydrogen-bond donors (Lipinski definition) is 4. The van der Waals surface area contributed by atoms with Crippen LogP contribution in [0.3, 0.4) is 0 Å². The fourth-order valence-corrected chi connectivity index (χ4v) is 4.02. The molecular weight excluding hydrogens is 726 g/mol. The summed E-state index contributed by atoms with van der Waals surface area (Å²) in [6, 6.07) is 26.3. The fraction of sp³-hybridized carbons (Fsp3) is 0.190. The first-order valence-corrected chi connectivity index (χ1v) is 17.0. The van der Waals surface area contributed by atoms with Gasteiger partial charge >= 0.3 is 11.9 Å². The maximum atomic E-state index is 14.0. The number of phenols is 2. The van der Waals surface area contributed by atoms with Crippen molar-refractivity contribution in [2.45, 2.75) is 0 Å². The summed E-state index contributed by atoms with van der Waals surface area (Å²) in [6.45, 7) is 2.27. The van der Waals surface area contributed by atoms with Gasteiger partial charge in [0.2, 0.25) is 0 Å². The molecule has 0 unspecified atom stereocenters. The van der Waals surface area contributed by atoms with Crippen molar-refractivity contribution in [3.05, 3.63) is 155 Å². The van der Waals surface area contributed by atoms with Gasteiger partial charge in [-0.15, -0.1) is 0 Å². The molecule has 0 amide bonds. The molecule has 0 radical (unpaired) electrons. The lowest BCUT2D eigenvalue weighted by molar-refractivity contribution is -0.134. The first kappa shape index (κ1) is 45.5. The summed E-state index contributed by atoms with van der Waals surface area (Å²) in [5, 5.41) is 42.4. The number of aliphatic carboxylic acids is 2. The zero-order valence-electron chi connectivity index (χ0n) is 31.5. The second-order valence-electron chi connectivity index (χ2n) is 12.0. The van der Waals surface area contributed by atoms with Gasteiger partial charge in [0.1, 0.15) is 47.8 Å². The molecule has 0 aliphatic rings. The lowest BCUT2D eigenvalue weighted by Gasteiger charge is -2.08. The molecule has 0 aliphatic heterocycles. The van der Waals surface area contributed by atoms with Crippen molar-refractivity contribution < 1.29 is 48.5 Å². The molecule has 4 aromatic carbocycles. The monoisotopic (exact) mass is 772 g/mol. The van der Waals surface area contributed by atoms with Crippen LogP contribution in [0, 0.1) is 11.6 Å². The summed E-state index contributed by atoms with van der Waals surface area (Å²) in [7, 11) is 7.76. The van der Waals surface area contributed by atoms with Crippen molar-refractivity contribution in [3.8, 4) is 11.5 Å². The lowest BCUT2D eigenvalue weighted by Crippen LogP contribution is -2.17. The maximum absolute atomic E-state index is 14.0. The number of nitrogens with zero attached hydrogens (tertiary/aromatic N) is 4. The predicted octanol–water partition coefficient (Wildman–Crippen LogP) is 6.77. The van der Waals surface area contributed by atoms with E-state index < -0.39 is 11.9 Å². The van der Waals surface area contributed by atoms with Crippen molar-refractivity contribution in [2.75, 3.05) is 54.5 Å². The minimum Gasteiger partial charge on any atom is -0.508 e. The number of carbonyl (C=O) groups is 2. The van der Waals surface area contributed by atoms with Crippen LogP contribution in [0.25, 0.3) is 12.2 Å². The fourth-order valence-electron chi connectivity index (χ4n) is 4.02. The van der Waals surface area contributed by atoms with Gasteiger partial charge < -0.3 is 39.9 Å². The highest BCUT2D eigenvalue weighted by atomic mass is 19.1. The number of carboxylic acid groups (broad SMARTS) is 2. The van der Waals surface area contributed by atoms with Gasteiger partial charge in [0.05, 0.1) is 0 Å². The van der Waals surface area contributed by atoms with E-state index >= 15 is 0 Å². The number of rotatable bonds is 16. The molecule has 0 atom stereocenters. The van der Waals surface area contributed by atoms with Crippen molar-refractivity contribution >= 4 is 35.5 Å². The zero-order valence-corrected chi connectivity index (χ0v) is 31.5. The van der Waals surface area contributed by atoms with E-state index in [0.717, 1.165) is 24.2 Å². The molecule has 0 saturated carbocycles. The molecule has 0 fully saturated rings.